The number of nitrogens with one attached hydrogen (secondary N) is 2. The SMILES string of the molecule is C=C1CNCC(=O)N1C.CC.Fc1ccc2c(-c3ccc(S)cc3)c[nH]c2c1. The van der Waals surface area contributed by atoms with Gasteiger partial charge < -0.3 is 15.2 Å². The van der Waals surface area contributed by atoms with Crippen LogP contribution in [0.3, 0.4) is 0 Å². The van der Waals surface area contributed by atoms with E-state index in [4.69, 9.17) is 0 Å². The van der Waals surface area contributed by atoms with Crippen molar-refractivity contribution in [1.29, 1.82) is 0 Å². The molecule has 1 fully saturated rings. The van der Waals surface area contributed by atoms with Crippen molar-refractivity contribution in [3.63, 3.8) is 0 Å². The van der Waals surface area contributed by atoms with Crippen LogP contribution < -0.4 is 5.32 Å². The van der Waals surface area contributed by atoms with E-state index < -0.39 is 0 Å². The van der Waals surface area contributed by atoms with Gasteiger partial charge in [0, 0.05) is 46.8 Å². The monoisotopic (exact) mass is 399 g/mol. The number of benzene rings is 2. The summed E-state index contributed by atoms with van der Waals surface area (Å²) in [6.45, 7) is 8.85. The fourth-order valence-corrected chi connectivity index (χ4v) is 2.85. The molecule has 2 heterocycles. The summed E-state index contributed by atoms with van der Waals surface area (Å²) < 4.78 is 13.1. The molecule has 0 spiro atoms. The minimum absolute atomic E-state index is 0.0891. The molecule has 0 saturated carbocycles. The number of aromatic nitrogens is 1. The molecule has 3 aromatic rings. The maximum atomic E-state index is 13.1. The van der Waals surface area contributed by atoms with Crippen LogP contribution in [0.25, 0.3) is 22.0 Å². The second kappa shape index (κ2) is 10.1. The molecule has 0 aliphatic carbocycles. The molecule has 4 nitrogen and oxygen atoms in total. The number of carbonyl (C=O) groups is 1. The lowest BCUT2D eigenvalue weighted by Gasteiger charge is -2.24. The smallest absolute Gasteiger partial charge is 0.240 e. The molecule has 1 aromatic heterocycles. The maximum Gasteiger partial charge on any atom is 0.240 e. The van der Waals surface area contributed by atoms with Crippen LogP contribution in [0.15, 0.2) is 65.8 Å². The Morgan fingerprint density at radius 2 is 1.79 bits per heavy atom. The lowest BCUT2D eigenvalue weighted by atomic mass is 10.1. The van der Waals surface area contributed by atoms with Crippen LogP contribution in [0.4, 0.5) is 4.39 Å². The lowest BCUT2D eigenvalue weighted by molar-refractivity contribution is -0.128. The molecular weight excluding hydrogens is 373 g/mol. The Labute approximate surface area is 170 Å². The Morgan fingerprint density at radius 1 is 1.11 bits per heavy atom. The van der Waals surface area contributed by atoms with Gasteiger partial charge in [-0.3, -0.25) is 4.79 Å². The van der Waals surface area contributed by atoms with Gasteiger partial charge in [0.2, 0.25) is 5.91 Å². The molecule has 0 bridgehead atoms. The fourth-order valence-electron chi connectivity index (χ4n) is 2.71. The summed E-state index contributed by atoms with van der Waals surface area (Å²) in [7, 11) is 1.74. The Kier molecular flexibility index (Phi) is 7.84. The van der Waals surface area contributed by atoms with Crippen molar-refractivity contribution >= 4 is 29.4 Å². The molecule has 6 heteroatoms. The molecule has 28 heavy (non-hydrogen) atoms. The van der Waals surface area contributed by atoms with Crippen molar-refractivity contribution in [1.82, 2.24) is 15.2 Å². The summed E-state index contributed by atoms with van der Waals surface area (Å²) >= 11 is 4.26. The number of aromatic amines is 1. The van der Waals surface area contributed by atoms with Crippen LogP contribution in [-0.4, -0.2) is 35.9 Å². The van der Waals surface area contributed by atoms with Gasteiger partial charge in [0.1, 0.15) is 5.82 Å². The molecule has 1 saturated heterocycles. The van der Waals surface area contributed by atoms with Crippen LogP contribution >= 0.6 is 12.6 Å². The number of nitrogens with zero attached hydrogens (tertiary/aromatic N) is 1. The molecule has 2 N–H and O–H groups in total. The molecule has 1 aliphatic rings. The Morgan fingerprint density at radius 3 is 2.39 bits per heavy atom. The van der Waals surface area contributed by atoms with Gasteiger partial charge in [0.25, 0.3) is 0 Å². The van der Waals surface area contributed by atoms with Crippen molar-refractivity contribution in [3.05, 3.63) is 66.8 Å². The van der Waals surface area contributed by atoms with E-state index in [1.165, 1.54) is 12.1 Å². The molecule has 0 unspecified atom stereocenters. The van der Waals surface area contributed by atoms with Crippen molar-refractivity contribution in [3.8, 4) is 11.1 Å². The first-order valence-corrected chi connectivity index (χ1v) is 9.61. The van der Waals surface area contributed by atoms with Gasteiger partial charge in [-0.2, -0.15) is 0 Å². The van der Waals surface area contributed by atoms with E-state index in [9.17, 15) is 9.18 Å². The van der Waals surface area contributed by atoms with E-state index in [0.29, 0.717) is 6.54 Å². The predicted octanol–water partition coefficient (Wildman–Crippen LogP) is 4.85. The molecule has 2 aromatic carbocycles. The standard InChI is InChI=1S/C14H10FNS.C6H10N2O.C2H6/c15-10-3-6-12-13(8-16-14(12)7-10)9-1-4-11(17)5-2-9;1-5-3-7-4-6(9)8(5)2;1-2/h1-8,16-17H;7H,1,3-4H2,2H3;1-2H3. The van der Waals surface area contributed by atoms with Crippen molar-refractivity contribution < 1.29 is 9.18 Å². The number of thiol groups is 1. The van der Waals surface area contributed by atoms with E-state index in [0.717, 1.165) is 39.2 Å². The van der Waals surface area contributed by atoms with Gasteiger partial charge >= 0.3 is 0 Å². The van der Waals surface area contributed by atoms with E-state index in [1.807, 2.05) is 44.3 Å². The van der Waals surface area contributed by atoms with Crippen LogP contribution in [0.2, 0.25) is 0 Å². The van der Waals surface area contributed by atoms with Crippen molar-refractivity contribution in [2.24, 2.45) is 0 Å². The number of halogens is 1. The minimum Gasteiger partial charge on any atom is -0.360 e. The zero-order valence-corrected chi connectivity index (χ0v) is 17.3. The minimum atomic E-state index is -0.225. The Hall–Kier alpha value is -2.57. The first kappa shape index (κ1) is 21.7. The number of fused-ring (bicyclic) bond motifs is 1. The highest BCUT2D eigenvalue weighted by atomic mass is 32.1. The fraction of sp³-hybridized carbons (Fsp3) is 0.227. The van der Waals surface area contributed by atoms with Crippen LogP contribution in [-0.2, 0) is 4.79 Å². The van der Waals surface area contributed by atoms with Gasteiger partial charge in [-0.05, 0) is 35.9 Å². The van der Waals surface area contributed by atoms with E-state index in [-0.39, 0.29) is 11.7 Å². The molecule has 0 radical (unpaired) electrons. The number of rotatable bonds is 1. The van der Waals surface area contributed by atoms with Gasteiger partial charge in [0.05, 0.1) is 6.54 Å². The molecule has 0 atom stereocenters. The topological polar surface area (TPSA) is 48.1 Å². The number of H-pyrrole nitrogens is 1. The quantitative estimate of drug-likeness (QED) is 0.512. The Balaban J connectivity index is 0.000000216. The largest absolute Gasteiger partial charge is 0.360 e. The van der Waals surface area contributed by atoms with Crippen LogP contribution in [0.5, 0.6) is 0 Å². The third-order valence-electron chi connectivity index (χ3n) is 4.28. The number of piperazine rings is 1. The van der Waals surface area contributed by atoms with E-state index in [1.54, 1.807) is 18.0 Å². The van der Waals surface area contributed by atoms with Crippen molar-refractivity contribution in [2.45, 2.75) is 18.7 Å². The van der Waals surface area contributed by atoms with E-state index >= 15 is 0 Å². The predicted molar refractivity (Wildman–Crippen MR) is 117 cm³/mol. The van der Waals surface area contributed by atoms with E-state index in [2.05, 4.69) is 29.5 Å². The normalized spacial score (nSPS) is 13.5. The number of likely N-dealkylation sites (N-methyl/N-ethyl adjacent to an activating group) is 1. The molecule has 1 amide bonds. The molecule has 1 aliphatic heterocycles. The van der Waals surface area contributed by atoms with Gasteiger partial charge in [-0.15, -0.1) is 12.6 Å². The van der Waals surface area contributed by atoms with Gasteiger partial charge in [-0.25, -0.2) is 4.39 Å². The summed E-state index contributed by atoms with van der Waals surface area (Å²) in [6.07, 6.45) is 1.90. The molecule has 148 valence electrons. The van der Waals surface area contributed by atoms with Crippen LogP contribution in [0, 0.1) is 5.82 Å². The lowest BCUT2D eigenvalue weighted by Crippen LogP contribution is -2.43. The third kappa shape index (κ3) is 5.24. The maximum absolute atomic E-state index is 13.1. The summed E-state index contributed by atoms with van der Waals surface area (Å²) in [5.74, 6) is -0.136. The highest BCUT2D eigenvalue weighted by molar-refractivity contribution is 7.80. The summed E-state index contributed by atoms with van der Waals surface area (Å²) in [5, 5.41) is 3.95. The number of carbonyl (C=O) groups excluding carboxylic acids is 1. The van der Waals surface area contributed by atoms with Crippen LogP contribution in [0.1, 0.15) is 13.8 Å². The average molecular weight is 400 g/mol. The second-order valence-corrected chi connectivity index (χ2v) is 6.58. The first-order valence-electron chi connectivity index (χ1n) is 9.17. The molecular formula is C22H26FN3OS. The zero-order valence-electron chi connectivity index (χ0n) is 16.4. The highest BCUT2D eigenvalue weighted by Crippen LogP contribution is 2.29. The van der Waals surface area contributed by atoms with Gasteiger partial charge in [0.15, 0.2) is 0 Å². The first-order chi connectivity index (χ1) is 13.5. The number of hydrogen-bond donors (Lipinski definition) is 3. The second-order valence-electron chi connectivity index (χ2n) is 6.06. The average Bonchev–Trinajstić information content (AvgIpc) is 3.12. The van der Waals surface area contributed by atoms with Gasteiger partial charge in [-0.1, -0.05) is 32.6 Å². The highest BCUT2D eigenvalue weighted by Gasteiger charge is 2.15. The zero-order chi connectivity index (χ0) is 20.7. The number of hydrogen-bond acceptors (Lipinski definition) is 3. The summed E-state index contributed by atoms with van der Waals surface area (Å²) in [4.78, 5) is 16.4. The third-order valence-corrected chi connectivity index (χ3v) is 4.57. The Bertz CT molecular complexity index is 934. The number of amides is 1. The van der Waals surface area contributed by atoms with Crippen molar-refractivity contribution in [2.75, 3.05) is 20.1 Å². The summed E-state index contributed by atoms with van der Waals surface area (Å²) in [5.41, 5.74) is 3.83. The summed E-state index contributed by atoms with van der Waals surface area (Å²) in [6, 6.07) is 12.7. The molecule has 4 rings (SSSR count).